The molecule has 0 radical (unpaired) electrons. The molecule has 2 N–H and O–H groups in total. The van der Waals surface area contributed by atoms with Crippen LogP contribution in [0.5, 0.6) is 0 Å². The van der Waals surface area contributed by atoms with Crippen LogP contribution in [0.1, 0.15) is 31.2 Å². The van der Waals surface area contributed by atoms with Crippen LogP contribution < -0.4 is 10.6 Å². The van der Waals surface area contributed by atoms with E-state index in [9.17, 15) is 14.4 Å². The van der Waals surface area contributed by atoms with E-state index in [4.69, 9.17) is 0 Å². The summed E-state index contributed by atoms with van der Waals surface area (Å²) < 4.78 is 0. The second kappa shape index (κ2) is 7.91. The van der Waals surface area contributed by atoms with E-state index in [1.807, 2.05) is 28.0 Å². The number of carbonyl (C=O) groups excluding carboxylic acids is 3. The number of amides is 3. The number of likely N-dealkylation sites (tertiary alicyclic amines) is 2. The molecule has 28 heavy (non-hydrogen) atoms. The highest BCUT2D eigenvalue weighted by atomic mass is 16.2. The average molecular weight is 384 g/mol. The summed E-state index contributed by atoms with van der Waals surface area (Å²) in [5, 5.41) is 5.77. The highest BCUT2D eigenvalue weighted by molar-refractivity contribution is 5.89. The lowest BCUT2D eigenvalue weighted by molar-refractivity contribution is -0.144. The fraction of sp³-hybridized carbons (Fsp3) is 0.571. The fourth-order valence-electron chi connectivity index (χ4n) is 4.66. The smallest absolute Gasteiger partial charge is 0.246 e. The van der Waals surface area contributed by atoms with Gasteiger partial charge in [-0.1, -0.05) is 30.3 Å². The Bertz CT molecular complexity index is 743. The summed E-state index contributed by atoms with van der Waals surface area (Å²) in [5.74, 6) is 0.104. The van der Waals surface area contributed by atoms with E-state index < -0.39 is 6.04 Å². The molecular weight excluding hydrogens is 356 g/mol. The maximum atomic E-state index is 12.7. The third-order valence-corrected chi connectivity index (χ3v) is 6.37. The first-order chi connectivity index (χ1) is 13.5. The molecule has 4 rings (SSSR count). The second-order valence-corrected chi connectivity index (χ2v) is 8.31. The second-order valence-electron chi connectivity index (χ2n) is 8.31. The summed E-state index contributed by atoms with van der Waals surface area (Å²) in [6.07, 6.45) is 3.31. The number of rotatable bonds is 3. The Morgan fingerprint density at radius 2 is 1.86 bits per heavy atom. The van der Waals surface area contributed by atoms with Crippen molar-refractivity contribution >= 4 is 17.7 Å². The predicted molar refractivity (Wildman–Crippen MR) is 104 cm³/mol. The Morgan fingerprint density at radius 3 is 2.57 bits per heavy atom. The van der Waals surface area contributed by atoms with Gasteiger partial charge in [-0.3, -0.25) is 14.4 Å². The van der Waals surface area contributed by atoms with Crippen molar-refractivity contribution in [1.82, 2.24) is 20.4 Å². The third-order valence-electron chi connectivity index (χ3n) is 6.37. The van der Waals surface area contributed by atoms with E-state index in [2.05, 4.69) is 22.8 Å². The number of benzene rings is 1. The summed E-state index contributed by atoms with van der Waals surface area (Å²) >= 11 is 0. The average Bonchev–Trinajstić information content (AvgIpc) is 2.72. The lowest BCUT2D eigenvalue weighted by Gasteiger charge is -2.48. The van der Waals surface area contributed by atoms with E-state index in [0.717, 1.165) is 31.4 Å². The van der Waals surface area contributed by atoms with E-state index in [-0.39, 0.29) is 29.7 Å². The molecule has 7 heteroatoms. The molecule has 1 aromatic rings. The monoisotopic (exact) mass is 384 g/mol. The minimum Gasteiger partial charge on any atom is -0.342 e. The highest BCUT2D eigenvalue weighted by Gasteiger charge is 2.42. The number of nitrogens with one attached hydrogen (secondary N) is 2. The molecule has 3 heterocycles. The molecule has 3 amide bonds. The first kappa shape index (κ1) is 18.9. The van der Waals surface area contributed by atoms with Crippen LogP contribution in [0.15, 0.2) is 30.3 Å². The molecule has 1 spiro atoms. The Morgan fingerprint density at radius 1 is 1.11 bits per heavy atom. The first-order valence-corrected chi connectivity index (χ1v) is 10.2. The van der Waals surface area contributed by atoms with Crippen molar-refractivity contribution in [2.24, 2.45) is 5.41 Å². The molecule has 0 unspecified atom stereocenters. The lowest BCUT2D eigenvalue weighted by atomic mass is 9.72. The third kappa shape index (κ3) is 4.04. The molecule has 0 aromatic heterocycles. The quantitative estimate of drug-likeness (QED) is 0.796. The minimum atomic E-state index is -0.460. The van der Waals surface area contributed by atoms with Crippen LogP contribution in [0.2, 0.25) is 0 Å². The van der Waals surface area contributed by atoms with Crippen molar-refractivity contribution in [2.45, 2.75) is 38.3 Å². The van der Waals surface area contributed by atoms with Gasteiger partial charge < -0.3 is 20.4 Å². The Balaban J connectivity index is 1.35. The van der Waals surface area contributed by atoms with Crippen LogP contribution >= 0.6 is 0 Å². The van der Waals surface area contributed by atoms with Crippen LogP contribution in [-0.2, 0) is 20.9 Å². The topological polar surface area (TPSA) is 81.8 Å². The van der Waals surface area contributed by atoms with Crippen LogP contribution in [0.3, 0.4) is 0 Å². The van der Waals surface area contributed by atoms with Crippen molar-refractivity contribution in [2.75, 3.05) is 32.7 Å². The van der Waals surface area contributed by atoms with Crippen molar-refractivity contribution in [3.63, 3.8) is 0 Å². The van der Waals surface area contributed by atoms with Crippen molar-refractivity contribution in [3.05, 3.63) is 35.9 Å². The Labute approximate surface area is 165 Å². The molecular formula is C21H28N4O3. The number of hydrogen-bond donors (Lipinski definition) is 2. The zero-order valence-corrected chi connectivity index (χ0v) is 16.2. The first-order valence-electron chi connectivity index (χ1n) is 10.2. The Hall–Kier alpha value is -2.41. The molecule has 0 aliphatic carbocycles. The summed E-state index contributed by atoms with van der Waals surface area (Å²) in [4.78, 5) is 40.6. The minimum absolute atomic E-state index is 0.00317. The molecule has 3 aliphatic rings. The molecule has 3 saturated heterocycles. The normalized spacial score (nSPS) is 24.9. The van der Waals surface area contributed by atoms with Crippen LogP contribution in [0.25, 0.3) is 0 Å². The standard InChI is InChI=1S/C21H28N4O3/c26-18-13-22-12-17(23-18)20(28)24-10-8-21(9-11-24)7-6-19(27)25(15-21)14-16-4-2-1-3-5-16/h1-5,17,22H,6-15H2,(H,23,26)/t17-/m1/s1. The van der Waals surface area contributed by atoms with E-state index in [1.54, 1.807) is 0 Å². The van der Waals surface area contributed by atoms with Crippen LogP contribution in [0, 0.1) is 5.41 Å². The van der Waals surface area contributed by atoms with Gasteiger partial charge in [0.1, 0.15) is 6.04 Å². The molecule has 1 atom stereocenters. The van der Waals surface area contributed by atoms with Gasteiger partial charge in [-0.05, 0) is 30.2 Å². The van der Waals surface area contributed by atoms with Gasteiger partial charge in [0, 0.05) is 39.1 Å². The summed E-state index contributed by atoms with van der Waals surface area (Å²) in [7, 11) is 0. The fourth-order valence-corrected chi connectivity index (χ4v) is 4.66. The molecule has 7 nitrogen and oxygen atoms in total. The van der Waals surface area contributed by atoms with E-state index >= 15 is 0 Å². The summed E-state index contributed by atoms with van der Waals surface area (Å²) in [6.45, 7) is 3.58. The molecule has 150 valence electrons. The molecule has 1 aromatic carbocycles. The Kier molecular flexibility index (Phi) is 5.35. The van der Waals surface area contributed by atoms with Gasteiger partial charge in [0.2, 0.25) is 17.7 Å². The largest absolute Gasteiger partial charge is 0.342 e. The van der Waals surface area contributed by atoms with Crippen LogP contribution in [0.4, 0.5) is 0 Å². The SMILES string of the molecule is O=C1CNC[C@H](C(=O)N2CCC3(CCC(=O)N(Cc4ccccc4)C3)CC2)N1. The molecule has 0 saturated carbocycles. The zero-order chi connectivity index (χ0) is 19.6. The zero-order valence-electron chi connectivity index (χ0n) is 16.2. The van der Waals surface area contributed by atoms with Gasteiger partial charge in [0.05, 0.1) is 6.54 Å². The number of carbonyl (C=O) groups is 3. The van der Waals surface area contributed by atoms with Crippen molar-refractivity contribution in [1.29, 1.82) is 0 Å². The van der Waals surface area contributed by atoms with E-state index in [1.165, 1.54) is 0 Å². The van der Waals surface area contributed by atoms with Crippen molar-refractivity contribution < 1.29 is 14.4 Å². The number of nitrogens with zero attached hydrogens (tertiary/aromatic N) is 2. The summed E-state index contributed by atoms with van der Waals surface area (Å²) in [6, 6.07) is 9.65. The van der Waals surface area contributed by atoms with Crippen LogP contribution in [-0.4, -0.2) is 66.3 Å². The predicted octanol–water partition coefficient (Wildman–Crippen LogP) is 0.506. The van der Waals surface area contributed by atoms with Gasteiger partial charge in [-0.25, -0.2) is 0 Å². The number of hydrogen-bond acceptors (Lipinski definition) is 4. The van der Waals surface area contributed by atoms with Gasteiger partial charge in [0.15, 0.2) is 0 Å². The summed E-state index contributed by atoms with van der Waals surface area (Å²) in [5.41, 5.74) is 1.26. The number of piperidine rings is 2. The highest BCUT2D eigenvalue weighted by Crippen LogP contribution is 2.40. The van der Waals surface area contributed by atoms with Gasteiger partial charge >= 0.3 is 0 Å². The molecule has 3 fully saturated rings. The lowest BCUT2D eigenvalue weighted by Crippen LogP contribution is -2.61. The van der Waals surface area contributed by atoms with E-state index in [0.29, 0.717) is 32.6 Å². The van der Waals surface area contributed by atoms with Gasteiger partial charge in [0.25, 0.3) is 0 Å². The maximum absolute atomic E-state index is 12.7. The molecule has 0 bridgehead atoms. The van der Waals surface area contributed by atoms with Gasteiger partial charge in [-0.15, -0.1) is 0 Å². The van der Waals surface area contributed by atoms with Gasteiger partial charge in [-0.2, -0.15) is 0 Å². The number of piperazine rings is 1. The van der Waals surface area contributed by atoms with Crippen molar-refractivity contribution in [3.8, 4) is 0 Å². The molecule has 3 aliphatic heterocycles. The maximum Gasteiger partial charge on any atom is 0.246 e.